The van der Waals surface area contributed by atoms with Crippen LogP contribution in [0.4, 0.5) is 13.2 Å². The molecule has 0 aliphatic rings. The SMILES string of the molecule is CCCOc1ccc(C(=O)NNC(=O)/C=C/c2ccc(C(F)(F)F)cc2)cc1OC. The third-order valence-corrected chi connectivity index (χ3v) is 3.85. The van der Waals surface area contributed by atoms with E-state index in [0.717, 1.165) is 24.6 Å². The summed E-state index contributed by atoms with van der Waals surface area (Å²) in [6.45, 7) is 2.46. The van der Waals surface area contributed by atoms with Crippen LogP contribution in [0.15, 0.2) is 48.5 Å². The third-order valence-electron chi connectivity index (χ3n) is 3.85. The van der Waals surface area contributed by atoms with E-state index in [1.807, 2.05) is 6.92 Å². The molecule has 0 aliphatic heterocycles. The molecule has 0 aromatic heterocycles. The second-order valence-electron chi connectivity index (χ2n) is 6.11. The summed E-state index contributed by atoms with van der Waals surface area (Å²) in [5, 5.41) is 0. The molecular weight excluding hydrogens is 401 g/mol. The lowest BCUT2D eigenvalue weighted by molar-refractivity contribution is -0.137. The molecule has 0 unspecified atom stereocenters. The van der Waals surface area contributed by atoms with Crippen LogP contribution in [0.2, 0.25) is 0 Å². The molecule has 0 atom stereocenters. The fraction of sp³-hybridized carbons (Fsp3) is 0.238. The molecular formula is C21H21F3N2O4. The lowest BCUT2D eigenvalue weighted by Gasteiger charge is -2.12. The molecule has 0 radical (unpaired) electrons. The van der Waals surface area contributed by atoms with Crippen LogP contribution in [0.25, 0.3) is 6.08 Å². The number of carbonyl (C=O) groups is 2. The second-order valence-corrected chi connectivity index (χ2v) is 6.11. The fourth-order valence-electron chi connectivity index (χ4n) is 2.33. The van der Waals surface area contributed by atoms with Crippen LogP contribution in [0.3, 0.4) is 0 Å². The topological polar surface area (TPSA) is 76.7 Å². The summed E-state index contributed by atoms with van der Waals surface area (Å²) in [4.78, 5) is 24.0. The maximum absolute atomic E-state index is 12.5. The van der Waals surface area contributed by atoms with Crippen molar-refractivity contribution in [2.45, 2.75) is 19.5 Å². The summed E-state index contributed by atoms with van der Waals surface area (Å²) in [5.41, 5.74) is 4.30. The Morgan fingerprint density at radius 3 is 2.33 bits per heavy atom. The first-order valence-corrected chi connectivity index (χ1v) is 9.01. The highest BCUT2D eigenvalue weighted by atomic mass is 19.4. The quantitative estimate of drug-likeness (QED) is 0.523. The van der Waals surface area contributed by atoms with Gasteiger partial charge in [-0.05, 0) is 48.4 Å². The van der Waals surface area contributed by atoms with Crippen molar-refractivity contribution in [1.82, 2.24) is 10.9 Å². The van der Waals surface area contributed by atoms with E-state index in [0.29, 0.717) is 23.7 Å². The molecule has 2 aromatic rings. The minimum absolute atomic E-state index is 0.239. The van der Waals surface area contributed by atoms with Crippen LogP contribution in [-0.2, 0) is 11.0 Å². The number of hydrazine groups is 1. The van der Waals surface area contributed by atoms with Crippen LogP contribution in [-0.4, -0.2) is 25.5 Å². The molecule has 0 saturated heterocycles. The van der Waals surface area contributed by atoms with Gasteiger partial charge in [-0.1, -0.05) is 19.1 Å². The fourth-order valence-corrected chi connectivity index (χ4v) is 2.33. The number of halogens is 3. The van der Waals surface area contributed by atoms with E-state index >= 15 is 0 Å². The van der Waals surface area contributed by atoms with Gasteiger partial charge >= 0.3 is 6.18 Å². The Hall–Kier alpha value is -3.49. The van der Waals surface area contributed by atoms with Gasteiger partial charge in [-0.3, -0.25) is 20.4 Å². The highest BCUT2D eigenvalue weighted by Crippen LogP contribution is 2.29. The van der Waals surface area contributed by atoms with Gasteiger partial charge in [0.2, 0.25) is 0 Å². The average Bonchev–Trinajstić information content (AvgIpc) is 2.74. The first-order valence-electron chi connectivity index (χ1n) is 9.01. The Balaban J connectivity index is 1.92. The van der Waals surface area contributed by atoms with Gasteiger partial charge in [0.25, 0.3) is 11.8 Å². The van der Waals surface area contributed by atoms with Gasteiger partial charge in [0.15, 0.2) is 11.5 Å². The van der Waals surface area contributed by atoms with E-state index in [-0.39, 0.29) is 5.56 Å². The van der Waals surface area contributed by atoms with E-state index in [4.69, 9.17) is 9.47 Å². The molecule has 0 saturated carbocycles. The van der Waals surface area contributed by atoms with Crippen molar-refractivity contribution in [3.05, 3.63) is 65.2 Å². The minimum atomic E-state index is -4.42. The van der Waals surface area contributed by atoms with Gasteiger partial charge < -0.3 is 9.47 Å². The maximum Gasteiger partial charge on any atom is 0.416 e. The summed E-state index contributed by atoms with van der Waals surface area (Å²) >= 11 is 0. The number of rotatable bonds is 7. The number of nitrogens with one attached hydrogen (secondary N) is 2. The van der Waals surface area contributed by atoms with Crippen molar-refractivity contribution in [2.75, 3.05) is 13.7 Å². The molecule has 2 amide bonds. The molecule has 160 valence electrons. The molecule has 30 heavy (non-hydrogen) atoms. The van der Waals surface area contributed by atoms with E-state index in [1.165, 1.54) is 37.5 Å². The molecule has 0 bridgehead atoms. The van der Waals surface area contributed by atoms with Crippen LogP contribution in [0.1, 0.15) is 34.8 Å². The molecule has 0 heterocycles. The van der Waals surface area contributed by atoms with E-state index in [2.05, 4.69) is 10.9 Å². The zero-order valence-corrected chi connectivity index (χ0v) is 16.4. The summed E-state index contributed by atoms with van der Waals surface area (Å²) in [7, 11) is 1.45. The standard InChI is InChI=1S/C21H21F3N2O4/c1-3-12-30-17-10-7-15(13-18(17)29-2)20(28)26-25-19(27)11-6-14-4-8-16(9-5-14)21(22,23)24/h4-11,13H,3,12H2,1-2H3,(H,25,27)(H,26,28)/b11-6+. The Kier molecular flexibility index (Phi) is 7.85. The lowest BCUT2D eigenvalue weighted by atomic mass is 10.1. The summed E-state index contributed by atoms with van der Waals surface area (Å²) in [5.74, 6) is -0.353. The van der Waals surface area contributed by atoms with E-state index < -0.39 is 23.6 Å². The van der Waals surface area contributed by atoms with Crippen molar-refractivity contribution in [2.24, 2.45) is 0 Å². The molecule has 2 N–H and O–H groups in total. The smallest absolute Gasteiger partial charge is 0.416 e. The minimum Gasteiger partial charge on any atom is -0.493 e. The van der Waals surface area contributed by atoms with Gasteiger partial charge in [-0.2, -0.15) is 13.2 Å². The predicted octanol–water partition coefficient (Wildman–Crippen LogP) is 3.98. The lowest BCUT2D eigenvalue weighted by Crippen LogP contribution is -2.40. The van der Waals surface area contributed by atoms with Gasteiger partial charge in [0.05, 0.1) is 19.3 Å². The van der Waals surface area contributed by atoms with Crippen molar-refractivity contribution in [3.63, 3.8) is 0 Å². The highest BCUT2D eigenvalue weighted by Gasteiger charge is 2.29. The van der Waals surface area contributed by atoms with Crippen molar-refractivity contribution >= 4 is 17.9 Å². The molecule has 0 spiro atoms. The van der Waals surface area contributed by atoms with Crippen molar-refractivity contribution in [3.8, 4) is 11.5 Å². The zero-order chi connectivity index (χ0) is 22.1. The monoisotopic (exact) mass is 422 g/mol. The highest BCUT2D eigenvalue weighted by molar-refractivity contribution is 5.98. The zero-order valence-electron chi connectivity index (χ0n) is 16.4. The number of benzene rings is 2. The number of hydrogen-bond acceptors (Lipinski definition) is 4. The molecule has 0 aliphatic carbocycles. The van der Waals surface area contributed by atoms with Gasteiger partial charge in [-0.25, -0.2) is 0 Å². The van der Waals surface area contributed by atoms with Gasteiger partial charge in [-0.15, -0.1) is 0 Å². The summed E-state index contributed by atoms with van der Waals surface area (Å²) in [6, 6.07) is 8.90. The van der Waals surface area contributed by atoms with Gasteiger partial charge in [0.1, 0.15) is 0 Å². The van der Waals surface area contributed by atoms with Crippen LogP contribution < -0.4 is 20.3 Å². The summed E-state index contributed by atoms with van der Waals surface area (Å²) < 4.78 is 48.3. The maximum atomic E-state index is 12.5. The summed E-state index contributed by atoms with van der Waals surface area (Å²) in [6.07, 6.45) is -1.19. The molecule has 0 fully saturated rings. The largest absolute Gasteiger partial charge is 0.493 e. The van der Waals surface area contributed by atoms with E-state index in [1.54, 1.807) is 6.07 Å². The first-order chi connectivity index (χ1) is 14.2. The predicted molar refractivity (Wildman–Crippen MR) is 105 cm³/mol. The molecule has 2 rings (SSSR count). The molecule has 6 nitrogen and oxygen atoms in total. The van der Waals surface area contributed by atoms with E-state index in [9.17, 15) is 22.8 Å². The van der Waals surface area contributed by atoms with Crippen LogP contribution in [0, 0.1) is 0 Å². The normalized spacial score (nSPS) is 11.2. The number of methoxy groups -OCH3 is 1. The number of ether oxygens (including phenoxy) is 2. The number of amides is 2. The molecule has 9 heteroatoms. The molecule has 2 aromatic carbocycles. The Morgan fingerprint density at radius 1 is 1.03 bits per heavy atom. The van der Waals surface area contributed by atoms with Crippen molar-refractivity contribution in [1.29, 1.82) is 0 Å². The third kappa shape index (κ3) is 6.54. The number of hydrogen-bond donors (Lipinski definition) is 2. The number of carbonyl (C=O) groups excluding carboxylic acids is 2. The Morgan fingerprint density at radius 2 is 1.73 bits per heavy atom. The Bertz CT molecular complexity index is 909. The average molecular weight is 422 g/mol. The van der Waals surface area contributed by atoms with Crippen LogP contribution >= 0.6 is 0 Å². The Labute approximate surface area is 171 Å². The first kappa shape index (κ1) is 22.8. The van der Waals surface area contributed by atoms with Gasteiger partial charge in [0, 0.05) is 11.6 Å². The van der Waals surface area contributed by atoms with Crippen LogP contribution in [0.5, 0.6) is 11.5 Å². The van der Waals surface area contributed by atoms with Crippen molar-refractivity contribution < 1.29 is 32.2 Å². The number of alkyl halides is 3. The second kappa shape index (κ2) is 10.3.